The molecule has 0 aromatic heterocycles. The van der Waals surface area contributed by atoms with Crippen molar-refractivity contribution in [3.63, 3.8) is 0 Å². The van der Waals surface area contributed by atoms with Crippen molar-refractivity contribution in [1.29, 1.82) is 0 Å². The Morgan fingerprint density at radius 3 is 2.55 bits per heavy atom. The van der Waals surface area contributed by atoms with Crippen LogP contribution in [0.1, 0.15) is 43.2 Å². The van der Waals surface area contributed by atoms with E-state index in [-0.39, 0.29) is 5.41 Å². The molecule has 1 aromatic carbocycles. The molecule has 1 N–H and O–H groups in total. The second kappa shape index (κ2) is 4.72. The number of halogens is 4. The molecule has 0 amide bonds. The fourth-order valence-electron chi connectivity index (χ4n) is 3.24. The average Bonchev–Trinajstić information content (AvgIpc) is 2.96. The lowest BCUT2D eigenvalue weighted by Gasteiger charge is -2.21. The van der Waals surface area contributed by atoms with Gasteiger partial charge in [-0.15, -0.1) is 0 Å². The first-order valence-electron chi connectivity index (χ1n) is 7.01. The fourth-order valence-corrected chi connectivity index (χ4v) is 3.24. The molecule has 1 heterocycles. The van der Waals surface area contributed by atoms with Crippen LogP contribution in [0.15, 0.2) is 18.2 Å². The first kappa shape index (κ1) is 13.9. The molecule has 2 aliphatic rings. The molecule has 1 aliphatic heterocycles. The maximum atomic E-state index is 13.3. The minimum absolute atomic E-state index is 0.171. The van der Waals surface area contributed by atoms with Crippen molar-refractivity contribution in [2.75, 3.05) is 6.54 Å². The Bertz CT molecular complexity index is 499. The molecular weight excluding hydrogens is 270 g/mol. The molecule has 1 aliphatic carbocycles. The topological polar surface area (TPSA) is 12.0 Å². The van der Waals surface area contributed by atoms with Crippen molar-refractivity contribution < 1.29 is 17.6 Å². The van der Waals surface area contributed by atoms with E-state index in [4.69, 9.17) is 0 Å². The summed E-state index contributed by atoms with van der Waals surface area (Å²) >= 11 is 0. The summed E-state index contributed by atoms with van der Waals surface area (Å²) in [6.45, 7) is 0.984. The monoisotopic (exact) mass is 287 g/mol. The quantitative estimate of drug-likeness (QED) is 0.828. The molecule has 1 atom stereocenters. The Hall–Kier alpha value is -1.10. The zero-order valence-corrected chi connectivity index (χ0v) is 11.1. The zero-order valence-electron chi connectivity index (χ0n) is 11.1. The van der Waals surface area contributed by atoms with Gasteiger partial charge in [0, 0.05) is 6.04 Å². The predicted molar refractivity (Wildman–Crippen MR) is 68.0 cm³/mol. The van der Waals surface area contributed by atoms with Crippen molar-refractivity contribution in [1.82, 2.24) is 5.32 Å². The van der Waals surface area contributed by atoms with Crippen LogP contribution in [0.4, 0.5) is 17.6 Å². The predicted octanol–water partition coefficient (Wildman–Crippen LogP) is 4.02. The molecule has 1 saturated carbocycles. The first-order valence-corrected chi connectivity index (χ1v) is 7.01. The van der Waals surface area contributed by atoms with Gasteiger partial charge in [0.05, 0.1) is 5.56 Å². The normalized spacial score (nSPS) is 24.9. The van der Waals surface area contributed by atoms with E-state index in [1.807, 2.05) is 0 Å². The molecule has 0 radical (unpaired) electrons. The molecule has 0 bridgehead atoms. The molecule has 0 unspecified atom stereocenters. The van der Waals surface area contributed by atoms with Crippen LogP contribution in [-0.4, -0.2) is 12.6 Å². The van der Waals surface area contributed by atoms with Crippen molar-refractivity contribution in [2.24, 2.45) is 0 Å². The van der Waals surface area contributed by atoms with Crippen LogP contribution in [0.25, 0.3) is 0 Å². The first-order chi connectivity index (χ1) is 9.41. The Kier molecular flexibility index (Phi) is 3.27. The molecule has 1 saturated heterocycles. The van der Waals surface area contributed by atoms with E-state index in [1.54, 1.807) is 0 Å². The highest BCUT2D eigenvalue weighted by molar-refractivity contribution is 5.37. The van der Waals surface area contributed by atoms with Gasteiger partial charge in [-0.05, 0) is 61.8 Å². The van der Waals surface area contributed by atoms with Gasteiger partial charge in [-0.1, -0.05) is 6.07 Å². The maximum absolute atomic E-state index is 13.3. The van der Waals surface area contributed by atoms with Crippen LogP contribution < -0.4 is 5.32 Å². The van der Waals surface area contributed by atoms with Crippen LogP contribution in [0.3, 0.4) is 0 Å². The third kappa shape index (κ3) is 2.55. The van der Waals surface area contributed by atoms with Gasteiger partial charge in [0.15, 0.2) is 0 Å². The molecule has 1 nitrogen and oxygen atoms in total. The van der Waals surface area contributed by atoms with Gasteiger partial charge < -0.3 is 5.32 Å². The van der Waals surface area contributed by atoms with Crippen molar-refractivity contribution >= 4 is 0 Å². The Labute approximate surface area is 115 Å². The van der Waals surface area contributed by atoms with Crippen LogP contribution in [0.5, 0.6) is 0 Å². The second-order valence-electron chi connectivity index (χ2n) is 5.97. The van der Waals surface area contributed by atoms with Crippen molar-refractivity contribution in [3.05, 3.63) is 35.1 Å². The number of hydrogen-bond acceptors (Lipinski definition) is 1. The lowest BCUT2D eigenvalue weighted by atomic mass is 9.87. The summed E-state index contributed by atoms with van der Waals surface area (Å²) in [7, 11) is 0. The number of rotatable bonds is 3. The number of nitrogens with one attached hydrogen (secondary N) is 1. The molecule has 2 fully saturated rings. The van der Waals surface area contributed by atoms with Gasteiger partial charge in [0.25, 0.3) is 0 Å². The molecule has 0 spiro atoms. The van der Waals surface area contributed by atoms with Gasteiger partial charge in [0.2, 0.25) is 0 Å². The lowest BCUT2D eigenvalue weighted by molar-refractivity contribution is -0.140. The van der Waals surface area contributed by atoms with Gasteiger partial charge in [0.1, 0.15) is 5.82 Å². The minimum atomic E-state index is -4.62. The van der Waals surface area contributed by atoms with Gasteiger partial charge in [-0.25, -0.2) is 4.39 Å². The highest BCUT2D eigenvalue weighted by Gasteiger charge is 2.47. The third-order valence-electron chi connectivity index (χ3n) is 4.54. The minimum Gasteiger partial charge on any atom is -0.314 e. The highest BCUT2D eigenvalue weighted by Crippen LogP contribution is 2.53. The van der Waals surface area contributed by atoms with E-state index >= 15 is 0 Å². The van der Waals surface area contributed by atoms with Gasteiger partial charge in [-0.2, -0.15) is 13.2 Å². The SMILES string of the molecule is Fc1ccc(C2(C[C@H]3CCCN3)CC2)cc1C(F)(F)F. The summed E-state index contributed by atoms with van der Waals surface area (Å²) < 4.78 is 51.7. The van der Waals surface area contributed by atoms with Crippen molar-refractivity contribution in [3.8, 4) is 0 Å². The number of benzene rings is 1. The summed E-state index contributed by atoms with van der Waals surface area (Å²) in [4.78, 5) is 0. The fraction of sp³-hybridized carbons (Fsp3) is 0.600. The Morgan fingerprint density at radius 1 is 1.25 bits per heavy atom. The Balaban J connectivity index is 1.86. The van der Waals surface area contributed by atoms with Crippen LogP contribution >= 0.6 is 0 Å². The molecular formula is C15H17F4N. The molecule has 3 rings (SSSR count). The number of hydrogen-bond donors (Lipinski definition) is 1. The summed E-state index contributed by atoms with van der Waals surface area (Å²) in [6.07, 6.45) is 0.229. The van der Waals surface area contributed by atoms with Gasteiger partial charge >= 0.3 is 6.18 Å². The van der Waals surface area contributed by atoms with E-state index in [9.17, 15) is 17.6 Å². The van der Waals surface area contributed by atoms with Crippen molar-refractivity contribution in [2.45, 2.75) is 49.7 Å². The molecule has 5 heteroatoms. The van der Waals surface area contributed by atoms with E-state index in [2.05, 4.69) is 5.32 Å². The van der Waals surface area contributed by atoms with E-state index in [0.717, 1.165) is 50.8 Å². The summed E-state index contributed by atoms with van der Waals surface area (Å²) in [5.74, 6) is -1.18. The number of alkyl halides is 3. The lowest BCUT2D eigenvalue weighted by Crippen LogP contribution is -2.27. The smallest absolute Gasteiger partial charge is 0.314 e. The highest BCUT2D eigenvalue weighted by atomic mass is 19.4. The average molecular weight is 287 g/mol. The maximum Gasteiger partial charge on any atom is 0.419 e. The second-order valence-corrected chi connectivity index (χ2v) is 5.97. The Morgan fingerprint density at radius 2 is 2.00 bits per heavy atom. The van der Waals surface area contributed by atoms with Crippen LogP contribution in [0, 0.1) is 5.82 Å². The zero-order chi connectivity index (χ0) is 14.4. The summed E-state index contributed by atoms with van der Waals surface area (Å²) in [5.41, 5.74) is -0.670. The van der Waals surface area contributed by atoms with Crippen LogP contribution in [0.2, 0.25) is 0 Å². The van der Waals surface area contributed by atoms with E-state index < -0.39 is 17.6 Å². The molecule has 110 valence electrons. The van der Waals surface area contributed by atoms with E-state index in [0.29, 0.717) is 11.6 Å². The van der Waals surface area contributed by atoms with Crippen LogP contribution in [-0.2, 0) is 11.6 Å². The molecule has 20 heavy (non-hydrogen) atoms. The summed E-state index contributed by atoms with van der Waals surface area (Å²) in [6, 6.07) is 3.88. The third-order valence-corrected chi connectivity index (χ3v) is 4.54. The van der Waals surface area contributed by atoms with E-state index in [1.165, 1.54) is 6.07 Å². The molecule has 1 aromatic rings. The standard InChI is InChI=1S/C15H17F4N/c16-13-4-3-10(8-12(13)15(17,18)19)14(5-6-14)9-11-2-1-7-20-11/h3-4,8,11,20H,1-2,5-7,9H2/t11-/m1/s1. The summed E-state index contributed by atoms with van der Waals surface area (Å²) in [5, 5.41) is 3.38. The largest absolute Gasteiger partial charge is 0.419 e. The van der Waals surface area contributed by atoms with Gasteiger partial charge in [-0.3, -0.25) is 0 Å².